The van der Waals surface area contributed by atoms with Crippen LogP contribution in [0.3, 0.4) is 0 Å². The highest BCUT2D eigenvalue weighted by molar-refractivity contribution is 6.10. The number of ether oxygens (including phenoxy) is 1. The molecule has 0 atom stereocenters. The summed E-state index contributed by atoms with van der Waals surface area (Å²) in [6, 6.07) is 15.0. The van der Waals surface area contributed by atoms with Crippen LogP contribution in [0, 0.1) is 12.3 Å². The minimum Gasteiger partial charge on any atom is -0.495 e. The number of para-hydroxylation sites is 2. The highest BCUT2D eigenvalue weighted by atomic mass is 16.5. The van der Waals surface area contributed by atoms with Gasteiger partial charge in [-0.15, -0.1) is 0 Å². The van der Waals surface area contributed by atoms with Crippen LogP contribution in [0.2, 0.25) is 0 Å². The molecule has 5 nitrogen and oxygen atoms in total. The average molecular weight is 340 g/mol. The molecule has 0 unspecified atom stereocenters. The molecule has 132 valence electrons. The van der Waals surface area contributed by atoms with Crippen LogP contribution in [0.1, 0.15) is 25.0 Å². The van der Waals surface area contributed by atoms with E-state index in [1.165, 1.54) is 7.11 Å². The van der Waals surface area contributed by atoms with Gasteiger partial charge in [-0.05, 0) is 38.5 Å². The van der Waals surface area contributed by atoms with Crippen molar-refractivity contribution in [3.8, 4) is 5.75 Å². The molecular formula is C20H24N2O3. The average Bonchev–Trinajstić information content (AvgIpc) is 2.60. The number of methoxy groups -OCH3 is 1. The molecule has 2 amide bonds. The van der Waals surface area contributed by atoms with E-state index < -0.39 is 11.3 Å². The molecule has 25 heavy (non-hydrogen) atoms. The first-order chi connectivity index (χ1) is 11.8. The Kier molecular flexibility index (Phi) is 5.80. The number of anilines is 1. The molecule has 0 spiro atoms. The van der Waals surface area contributed by atoms with E-state index in [9.17, 15) is 9.59 Å². The number of benzene rings is 2. The number of amides is 2. The van der Waals surface area contributed by atoms with Crippen molar-refractivity contribution in [3.05, 3.63) is 59.7 Å². The Morgan fingerprint density at radius 1 is 1.04 bits per heavy atom. The zero-order valence-electron chi connectivity index (χ0n) is 15.1. The third kappa shape index (κ3) is 4.59. The summed E-state index contributed by atoms with van der Waals surface area (Å²) in [5.74, 6) is -0.174. The van der Waals surface area contributed by atoms with Crippen LogP contribution in [0.5, 0.6) is 5.75 Å². The third-order valence-corrected chi connectivity index (χ3v) is 4.03. The summed E-state index contributed by atoms with van der Waals surface area (Å²) in [5, 5.41) is 5.60. The van der Waals surface area contributed by atoms with Crippen molar-refractivity contribution >= 4 is 17.5 Å². The fourth-order valence-electron chi connectivity index (χ4n) is 2.36. The zero-order chi connectivity index (χ0) is 18.4. The monoisotopic (exact) mass is 340 g/mol. The van der Waals surface area contributed by atoms with Crippen molar-refractivity contribution < 1.29 is 14.3 Å². The number of nitrogens with one attached hydrogen (secondary N) is 2. The first-order valence-electron chi connectivity index (χ1n) is 8.13. The largest absolute Gasteiger partial charge is 0.495 e. The fraction of sp³-hybridized carbons (Fsp3) is 0.300. The standard InChI is InChI=1S/C20H24N2O3/c1-14-8-7-9-15(12-14)13-21-18(23)20(2,3)19(24)22-16-10-5-6-11-17(16)25-4/h5-12H,13H2,1-4H3,(H,21,23)(H,22,24). The van der Waals surface area contributed by atoms with E-state index in [0.717, 1.165) is 11.1 Å². The van der Waals surface area contributed by atoms with Crippen molar-refractivity contribution in [2.75, 3.05) is 12.4 Å². The van der Waals surface area contributed by atoms with E-state index in [0.29, 0.717) is 18.0 Å². The Morgan fingerprint density at radius 2 is 1.76 bits per heavy atom. The molecule has 0 aliphatic rings. The van der Waals surface area contributed by atoms with Gasteiger partial charge in [-0.3, -0.25) is 9.59 Å². The lowest BCUT2D eigenvalue weighted by Crippen LogP contribution is -2.44. The molecule has 0 fully saturated rings. The van der Waals surface area contributed by atoms with E-state index in [1.54, 1.807) is 32.0 Å². The number of carbonyl (C=O) groups excluding carboxylic acids is 2. The molecule has 0 aliphatic carbocycles. The van der Waals surface area contributed by atoms with Crippen molar-refractivity contribution in [3.63, 3.8) is 0 Å². The quantitative estimate of drug-likeness (QED) is 0.793. The Bertz CT molecular complexity index is 769. The van der Waals surface area contributed by atoms with Gasteiger partial charge in [0, 0.05) is 6.54 Å². The number of carbonyl (C=O) groups is 2. The van der Waals surface area contributed by atoms with Gasteiger partial charge in [0.2, 0.25) is 11.8 Å². The fourth-order valence-corrected chi connectivity index (χ4v) is 2.36. The number of rotatable bonds is 6. The summed E-state index contributed by atoms with van der Waals surface area (Å²) in [7, 11) is 1.53. The molecule has 0 saturated heterocycles. The van der Waals surface area contributed by atoms with Gasteiger partial charge in [0.05, 0.1) is 12.8 Å². The van der Waals surface area contributed by atoms with Crippen LogP contribution in [0.15, 0.2) is 48.5 Å². The second-order valence-corrected chi connectivity index (χ2v) is 6.45. The molecule has 0 heterocycles. The summed E-state index contributed by atoms with van der Waals surface area (Å²) in [4.78, 5) is 25.1. The predicted molar refractivity (Wildman–Crippen MR) is 98.4 cm³/mol. The summed E-state index contributed by atoms with van der Waals surface area (Å²) in [6.07, 6.45) is 0. The lowest BCUT2D eigenvalue weighted by atomic mass is 9.90. The molecule has 2 aromatic rings. The third-order valence-electron chi connectivity index (χ3n) is 4.03. The maximum absolute atomic E-state index is 12.6. The number of aryl methyl sites for hydroxylation is 1. The zero-order valence-corrected chi connectivity index (χ0v) is 15.1. The van der Waals surface area contributed by atoms with E-state index in [2.05, 4.69) is 10.6 Å². The Hall–Kier alpha value is -2.82. The van der Waals surface area contributed by atoms with Gasteiger partial charge in [-0.1, -0.05) is 42.0 Å². The van der Waals surface area contributed by atoms with Crippen LogP contribution < -0.4 is 15.4 Å². The second-order valence-electron chi connectivity index (χ2n) is 6.45. The Labute approximate surface area is 148 Å². The SMILES string of the molecule is COc1ccccc1NC(=O)C(C)(C)C(=O)NCc1cccc(C)c1. The summed E-state index contributed by atoms with van der Waals surface area (Å²) >= 11 is 0. The highest BCUT2D eigenvalue weighted by Crippen LogP contribution is 2.26. The first-order valence-corrected chi connectivity index (χ1v) is 8.13. The lowest BCUT2D eigenvalue weighted by molar-refractivity contribution is -0.138. The molecule has 0 aromatic heterocycles. The summed E-state index contributed by atoms with van der Waals surface area (Å²) in [5.41, 5.74) is 1.44. The van der Waals surface area contributed by atoms with Gasteiger partial charge in [-0.2, -0.15) is 0 Å². The summed E-state index contributed by atoms with van der Waals surface area (Å²) < 4.78 is 5.22. The topological polar surface area (TPSA) is 67.4 Å². The van der Waals surface area contributed by atoms with Crippen LogP contribution in [-0.2, 0) is 16.1 Å². The van der Waals surface area contributed by atoms with Crippen molar-refractivity contribution in [2.24, 2.45) is 5.41 Å². The normalized spacial score (nSPS) is 10.9. The molecule has 0 radical (unpaired) electrons. The van der Waals surface area contributed by atoms with E-state index in [1.807, 2.05) is 37.3 Å². The second kappa shape index (κ2) is 7.83. The highest BCUT2D eigenvalue weighted by Gasteiger charge is 2.36. The summed E-state index contributed by atoms with van der Waals surface area (Å²) in [6.45, 7) is 5.58. The number of hydrogen-bond donors (Lipinski definition) is 2. The van der Waals surface area contributed by atoms with Crippen LogP contribution >= 0.6 is 0 Å². The van der Waals surface area contributed by atoms with Gasteiger partial charge in [0.25, 0.3) is 0 Å². The van der Waals surface area contributed by atoms with E-state index in [4.69, 9.17) is 4.74 Å². The van der Waals surface area contributed by atoms with Gasteiger partial charge >= 0.3 is 0 Å². The van der Waals surface area contributed by atoms with E-state index >= 15 is 0 Å². The molecule has 2 N–H and O–H groups in total. The maximum atomic E-state index is 12.6. The molecule has 0 saturated carbocycles. The Balaban J connectivity index is 2.03. The lowest BCUT2D eigenvalue weighted by Gasteiger charge is -2.23. The van der Waals surface area contributed by atoms with Gasteiger partial charge in [0.15, 0.2) is 0 Å². The maximum Gasteiger partial charge on any atom is 0.239 e. The number of hydrogen-bond acceptors (Lipinski definition) is 3. The van der Waals surface area contributed by atoms with Gasteiger partial charge in [-0.25, -0.2) is 0 Å². The molecule has 5 heteroatoms. The van der Waals surface area contributed by atoms with Crippen molar-refractivity contribution in [2.45, 2.75) is 27.3 Å². The molecule has 0 aliphatic heterocycles. The van der Waals surface area contributed by atoms with Crippen LogP contribution in [0.4, 0.5) is 5.69 Å². The minimum atomic E-state index is -1.22. The predicted octanol–water partition coefficient (Wildman–Crippen LogP) is 3.28. The Morgan fingerprint density at radius 3 is 2.44 bits per heavy atom. The minimum absolute atomic E-state index is 0.332. The molecule has 2 rings (SSSR count). The first kappa shape index (κ1) is 18.5. The molecule has 2 aromatic carbocycles. The van der Waals surface area contributed by atoms with Crippen molar-refractivity contribution in [1.29, 1.82) is 0 Å². The molecule has 0 bridgehead atoms. The van der Waals surface area contributed by atoms with Gasteiger partial charge < -0.3 is 15.4 Å². The smallest absolute Gasteiger partial charge is 0.239 e. The van der Waals surface area contributed by atoms with Crippen LogP contribution in [-0.4, -0.2) is 18.9 Å². The van der Waals surface area contributed by atoms with Crippen LogP contribution in [0.25, 0.3) is 0 Å². The van der Waals surface area contributed by atoms with Gasteiger partial charge in [0.1, 0.15) is 11.2 Å². The van der Waals surface area contributed by atoms with E-state index in [-0.39, 0.29) is 5.91 Å². The molecular weight excluding hydrogens is 316 g/mol. The van der Waals surface area contributed by atoms with Crippen molar-refractivity contribution in [1.82, 2.24) is 5.32 Å².